The van der Waals surface area contributed by atoms with Gasteiger partial charge < -0.3 is 15.0 Å². The Kier molecular flexibility index (Phi) is 4.07. The maximum Gasteiger partial charge on any atom is 0.253 e. The summed E-state index contributed by atoms with van der Waals surface area (Å²) in [5, 5.41) is 12.8. The maximum absolute atomic E-state index is 12.4. The zero-order valence-corrected chi connectivity index (χ0v) is 13.1. The zero-order chi connectivity index (χ0) is 15.0. The van der Waals surface area contributed by atoms with E-state index in [1.807, 2.05) is 13.0 Å². The van der Waals surface area contributed by atoms with Crippen molar-refractivity contribution in [2.75, 3.05) is 6.54 Å². The highest BCUT2D eigenvalue weighted by Crippen LogP contribution is 2.38. The minimum absolute atomic E-state index is 0.0371. The van der Waals surface area contributed by atoms with Crippen molar-refractivity contribution in [3.05, 3.63) is 23.0 Å². The van der Waals surface area contributed by atoms with Gasteiger partial charge in [0, 0.05) is 24.0 Å². The summed E-state index contributed by atoms with van der Waals surface area (Å²) in [7, 11) is 0. The molecule has 0 radical (unpaired) electrons. The van der Waals surface area contributed by atoms with Crippen molar-refractivity contribution in [1.29, 1.82) is 0 Å². The lowest BCUT2D eigenvalue weighted by molar-refractivity contribution is 0.0873. The van der Waals surface area contributed by atoms with Gasteiger partial charge in [-0.15, -0.1) is 0 Å². The summed E-state index contributed by atoms with van der Waals surface area (Å²) in [5.74, 6) is 0.458. The standard InChI is InChI=1S/C17H26N2O2/c1-11-8-16(12(2)19(11)14-6-7-14)17(21)18-10-13-4-3-5-15(20)9-13/h8,13-15,20H,3-7,9-10H2,1-2H3,(H,18,21). The molecule has 2 saturated carbocycles. The summed E-state index contributed by atoms with van der Waals surface area (Å²) in [6, 6.07) is 2.62. The summed E-state index contributed by atoms with van der Waals surface area (Å²) >= 11 is 0. The molecule has 2 fully saturated rings. The number of hydrogen-bond acceptors (Lipinski definition) is 2. The van der Waals surface area contributed by atoms with Crippen molar-refractivity contribution >= 4 is 5.91 Å². The van der Waals surface area contributed by atoms with Crippen molar-refractivity contribution in [2.45, 2.75) is 64.5 Å². The summed E-state index contributed by atoms with van der Waals surface area (Å²) in [4.78, 5) is 12.4. The second kappa shape index (κ2) is 5.84. The number of amides is 1. The molecule has 21 heavy (non-hydrogen) atoms. The fraction of sp³-hybridized carbons (Fsp3) is 0.706. The number of hydrogen-bond donors (Lipinski definition) is 2. The summed E-state index contributed by atoms with van der Waals surface area (Å²) in [6.45, 7) is 4.81. The van der Waals surface area contributed by atoms with Crippen molar-refractivity contribution in [2.24, 2.45) is 5.92 Å². The number of aryl methyl sites for hydroxylation is 1. The van der Waals surface area contributed by atoms with Gasteiger partial charge in [0.1, 0.15) is 0 Å². The average molecular weight is 290 g/mol. The van der Waals surface area contributed by atoms with Crippen LogP contribution in [0.15, 0.2) is 6.07 Å². The lowest BCUT2D eigenvalue weighted by Gasteiger charge is -2.25. The molecule has 0 aromatic carbocycles. The van der Waals surface area contributed by atoms with Crippen LogP contribution < -0.4 is 5.32 Å². The number of nitrogens with zero attached hydrogens (tertiary/aromatic N) is 1. The van der Waals surface area contributed by atoms with Crippen molar-refractivity contribution in [3.8, 4) is 0 Å². The van der Waals surface area contributed by atoms with Gasteiger partial charge in [-0.3, -0.25) is 4.79 Å². The molecule has 0 spiro atoms. The van der Waals surface area contributed by atoms with Gasteiger partial charge in [0.15, 0.2) is 0 Å². The predicted octanol–water partition coefficient (Wildman–Crippen LogP) is 2.72. The van der Waals surface area contributed by atoms with E-state index < -0.39 is 0 Å². The van der Waals surface area contributed by atoms with E-state index in [-0.39, 0.29) is 12.0 Å². The van der Waals surface area contributed by atoms with Crippen LogP contribution in [0.25, 0.3) is 0 Å². The lowest BCUT2D eigenvalue weighted by Crippen LogP contribution is -2.33. The van der Waals surface area contributed by atoms with E-state index in [1.54, 1.807) is 0 Å². The number of aliphatic hydroxyl groups excluding tert-OH is 1. The summed E-state index contributed by atoms with van der Waals surface area (Å²) < 4.78 is 2.30. The maximum atomic E-state index is 12.4. The van der Waals surface area contributed by atoms with E-state index in [9.17, 15) is 9.90 Å². The highest BCUT2D eigenvalue weighted by molar-refractivity contribution is 5.95. The summed E-state index contributed by atoms with van der Waals surface area (Å²) in [5.41, 5.74) is 3.10. The van der Waals surface area contributed by atoms with Crippen LogP contribution in [0.1, 0.15) is 66.3 Å². The monoisotopic (exact) mass is 290 g/mol. The van der Waals surface area contributed by atoms with Crippen LogP contribution >= 0.6 is 0 Å². The van der Waals surface area contributed by atoms with Gasteiger partial charge in [-0.25, -0.2) is 0 Å². The Labute approximate surface area is 126 Å². The van der Waals surface area contributed by atoms with E-state index in [0.717, 1.165) is 36.9 Å². The van der Waals surface area contributed by atoms with Gasteiger partial charge in [0.05, 0.1) is 11.7 Å². The third-order valence-electron chi connectivity index (χ3n) is 4.95. The topological polar surface area (TPSA) is 54.3 Å². The molecule has 2 N–H and O–H groups in total. The molecule has 2 aliphatic carbocycles. The highest BCUT2D eigenvalue weighted by Gasteiger charge is 2.28. The second-order valence-corrected chi connectivity index (χ2v) is 6.78. The number of rotatable bonds is 4. The number of aromatic nitrogens is 1. The molecule has 0 bridgehead atoms. The molecule has 2 aliphatic rings. The fourth-order valence-corrected chi connectivity index (χ4v) is 3.68. The summed E-state index contributed by atoms with van der Waals surface area (Å²) in [6.07, 6.45) is 6.19. The Morgan fingerprint density at radius 3 is 2.76 bits per heavy atom. The first-order valence-corrected chi connectivity index (χ1v) is 8.21. The van der Waals surface area contributed by atoms with Crippen LogP contribution in [0.5, 0.6) is 0 Å². The van der Waals surface area contributed by atoms with E-state index >= 15 is 0 Å². The van der Waals surface area contributed by atoms with Crippen molar-refractivity contribution in [3.63, 3.8) is 0 Å². The molecule has 116 valence electrons. The van der Waals surface area contributed by atoms with E-state index in [1.165, 1.54) is 18.5 Å². The Morgan fingerprint density at radius 1 is 1.33 bits per heavy atom. The zero-order valence-electron chi connectivity index (χ0n) is 13.1. The Hall–Kier alpha value is -1.29. The largest absolute Gasteiger partial charge is 0.393 e. The SMILES string of the molecule is Cc1cc(C(=O)NCC2CCCC(O)C2)c(C)n1C1CC1. The normalized spacial score (nSPS) is 25.9. The molecule has 2 atom stereocenters. The molecule has 0 saturated heterocycles. The molecule has 4 heteroatoms. The van der Waals surface area contributed by atoms with Crippen LogP contribution in [-0.2, 0) is 0 Å². The van der Waals surface area contributed by atoms with Crippen molar-refractivity contribution in [1.82, 2.24) is 9.88 Å². The molecule has 0 aliphatic heterocycles. The third kappa shape index (κ3) is 3.15. The molecule has 1 aromatic rings. The van der Waals surface area contributed by atoms with Crippen LogP contribution in [0.2, 0.25) is 0 Å². The van der Waals surface area contributed by atoms with Crippen molar-refractivity contribution < 1.29 is 9.90 Å². The fourth-order valence-electron chi connectivity index (χ4n) is 3.68. The van der Waals surface area contributed by atoms with Crippen LogP contribution in [-0.4, -0.2) is 28.2 Å². The quantitative estimate of drug-likeness (QED) is 0.896. The molecule has 1 amide bonds. The van der Waals surface area contributed by atoms with Crippen LogP contribution in [0.4, 0.5) is 0 Å². The Morgan fingerprint density at radius 2 is 2.10 bits per heavy atom. The van der Waals surface area contributed by atoms with Crippen LogP contribution in [0.3, 0.4) is 0 Å². The smallest absolute Gasteiger partial charge is 0.253 e. The Balaban J connectivity index is 1.61. The lowest BCUT2D eigenvalue weighted by atomic mass is 9.87. The van der Waals surface area contributed by atoms with E-state index in [4.69, 9.17) is 0 Å². The first kappa shape index (κ1) is 14.6. The molecule has 1 aromatic heterocycles. The Bertz CT molecular complexity index is 531. The minimum atomic E-state index is -0.180. The van der Waals surface area contributed by atoms with Gasteiger partial charge in [-0.05, 0) is 57.9 Å². The van der Waals surface area contributed by atoms with Crippen LogP contribution in [0, 0.1) is 19.8 Å². The van der Waals surface area contributed by atoms with Gasteiger partial charge >= 0.3 is 0 Å². The van der Waals surface area contributed by atoms with Gasteiger partial charge in [0.25, 0.3) is 5.91 Å². The van der Waals surface area contributed by atoms with Gasteiger partial charge in [-0.1, -0.05) is 6.42 Å². The molecule has 2 unspecified atom stereocenters. The number of nitrogens with one attached hydrogen (secondary N) is 1. The van der Waals surface area contributed by atoms with Gasteiger partial charge in [0.2, 0.25) is 0 Å². The predicted molar refractivity (Wildman–Crippen MR) is 82.5 cm³/mol. The highest BCUT2D eigenvalue weighted by atomic mass is 16.3. The van der Waals surface area contributed by atoms with E-state index in [2.05, 4.69) is 16.8 Å². The third-order valence-corrected chi connectivity index (χ3v) is 4.95. The molecule has 3 rings (SSSR count). The number of aliphatic hydroxyl groups is 1. The molecular weight excluding hydrogens is 264 g/mol. The molecular formula is C17H26N2O2. The van der Waals surface area contributed by atoms with Gasteiger partial charge in [-0.2, -0.15) is 0 Å². The molecule has 4 nitrogen and oxygen atoms in total. The molecule has 1 heterocycles. The first-order chi connectivity index (χ1) is 10.1. The first-order valence-electron chi connectivity index (χ1n) is 8.21. The number of carbonyl (C=O) groups excluding carboxylic acids is 1. The average Bonchev–Trinajstić information content (AvgIpc) is 3.22. The second-order valence-electron chi connectivity index (χ2n) is 6.78. The van der Waals surface area contributed by atoms with E-state index in [0.29, 0.717) is 18.5 Å². The number of carbonyl (C=O) groups is 1. The minimum Gasteiger partial charge on any atom is -0.393 e.